The smallest absolute Gasteiger partial charge is 0.337 e. The molecule has 2 heterocycles. The molecule has 0 aliphatic carbocycles. The molecule has 0 saturated carbocycles. The Morgan fingerprint density at radius 2 is 1.95 bits per heavy atom. The Hall–Kier alpha value is -2.83. The highest BCUT2D eigenvalue weighted by atomic mass is 19.1. The predicted molar refractivity (Wildman–Crippen MR) is 65.3 cm³/mol. The largest absolute Gasteiger partial charge is 0.478 e. The molecule has 7 heteroatoms. The summed E-state index contributed by atoms with van der Waals surface area (Å²) in [6, 6.07) is 5.89. The Balaban J connectivity index is 2.25. The number of benzene rings is 1. The van der Waals surface area contributed by atoms with Crippen molar-refractivity contribution >= 4 is 11.6 Å². The van der Waals surface area contributed by atoms with Crippen molar-refractivity contribution in [2.45, 2.75) is 0 Å². The van der Waals surface area contributed by atoms with Crippen molar-refractivity contribution in [2.24, 2.45) is 0 Å². The van der Waals surface area contributed by atoms with Crippen LogP contribution in [-0.2, 0) is 0 Å². The molecule has 0 aliphatic rings. The molecule has 20 heavy (non-hydrogen) atoms. The van der Waals surface area contributed by atoms with Crippen molar-refractivity contribution < 1.29 is 18.7 Å². The van der Waals surface area contributed by atoms with Crippen LogP contribution in [0.1, 0.15) is 10.4 Å². The SMILES string of the molecule is O=C(O)c1ccc2nnc(-c3ccc(F)cc3F)n2c1. The van der Waals surface area contributed by atoms with Crippen molar-refractivity contribution in [3.8, 4) is 11.4 Å². The number of pyridine rings is 1. The van der Waals surface area contributed by atoms with Crippen molar-refractivity contribution in [1.82, 2.24) is 14.6 Å². The molecule has 5 nitrogen and oxygen atoms in total. The van der Waals surface area contributed by atoms with E-state index in [1.807, 2.05) is 0 Å². The number of aromatic carboxylic acids is 1. The van der Waals surface area contributed by atoms with Gasteiger partial charge in [-0.2, -0.15) is 0 Å². The number of fused-ring (bicyclic) bond motifs is 1. The summed E-state index contributed by atoms with van der Waals surface area (Å²) in [5.41, 5.74) is 0.427. The van der Waals surface area contributed by atoms with Crippen molar-refractivity contribution in [2.75, 3.05) is 0 Å². The van der Waals surface area contributed by atoms with Crippen LogP contribution in [0.15, 0.2) is 36.5 Å². The van der Waals surface area contributed by atoms with E-state index in [9.17, 15) is 13.6 Å². The van der Waals surface area contributed by atoms with Gasteiger partial charge in [0.1, 0.15) is 11.6 Å². The number of nitrogens with zero attached hydrogens (tertiary/aromatic N) is 3. The van der Waals surface area contributed by atoms with Crippen LogP contribution in [-0.4, -0.2) is 25.7 Å². The minimum Gasteiger partial charge on any atom is -0.478 e. The molecular weight excluding hydrogens is 268 g/mol. The lowest BCUT2D eigenvalue weighted by Gasteiger charge is -2.03. The fourth-order valence-electron chi connectivity index (χ4n) is 1.87. The molecule has 0 saturated heterocycles. The zero-order valence-electron chi connectivity index (χ0n) is 9.92. The monoisotopic (exact) mass is 275 g/mol. The number of aromatic nitrogens is 3. The fraction of sp³-hybridized carbons (Fsp3) is 0. The number of hydrogen-bond donors (Lipinski definition) is 1. The lowest BCUT2D eigenvalue weighted by Crippen LogP contribution is -2.00. The van der Waals surface area contributed by atoms with Crippen molar-refractivity contribution in [1.29, 1.82) is 0 Å². The number of halogens is 2. The first kappa shape index (κ1) is 12.2. The van der Waals surface area contributed by atoms with Crippen LogP contribution in [0.3, 0.4) is 0 Å². The van der Waals surface area contributed by atoms with Crippen molar-refractivity contribution in [3.63, 3.8) is 0 Å². The van der Waals surface area contributed by atoms with Crippen LogP contribution in [0.5, 0.6) is 0 Å². The lowest BCUT2D eigenvalue weighted by atomic mass is 10.2. The van der Waals surface area contributed by atoms with Crippen molar-refractivity contribution in [3.05, 3.63) is 53.7 Å². The van der Waals surface area contributed by atoms with E-state index < -0.39 is 17.6 Å². The third-order valence-corrected chi connectivity index (χ3v) is 2.82. The molecule has 0 radical (unpaired) electrons. The van der Waals surface area contributed by atoms with Crippen LogP contribution < -0.4 is 0 Å². The molecule has 100 valence electrons. The first-order chi connectivity index (χ1) is 9.56. The molecule has 0 spiro atoms. The van der Waals surface area contributed by atoms with Gasteiger partial charge in [-0.3, -0.25) is 4.40 Å². The second kappa shape index (κ2) is 4.37. The highest BCUT2D eigenvalue weighted by Gasteiger charge is 2.14. The van der Waals surface area contributed by atoms with E-state index in [2.05, 4.69) is 10.2 Å². The molecule has 0 fully saturated rings. The number of rotatable bonds is 2. The van der Waals surface area contributed by atoms with E-state index >= 15 is 0 Å². The summed E-state index contributed by atoms with van der Waals surface area (Å²) in [7, 11) is 0. The van der Waals surface area contributed by atoms with Gasteiger partial charge >= 0.3 is 5.97 Å². The molecular formula is C13H7F2N3O2. The standard InChI is InChI=1S/C13H7F2N3O2/c14-8-2-3-9(10(15)5-8)12-17-16-11-4-1-7(13(19)20)6-18(11)12/h1-6H,(H,19,20). The summed E-state index contributed by atoms with van der Waals surface area (Å²) in [5.74, 6) is -2.50. The lowest BCUT2D eigenvalue weighted by molar-refractivity contribution is 0.0696. The van der Waals surface area contributed by atoms with Gasteiger partial charge in [0.25, 0.3) is 0 Å². The number of carbonyl (C=O) groups is 1. The summed E-state index contributed by atoms with van der Waals surface area (Å²) >= 11 is 0. The van der Waals surface area contributed by atoms with E-state index in [0.29, 0.717) is 5.65 Å². The Bertz CT molecular complexity index is 830. The van der Waals surface area contributed by atoms with E-state index in [-0.39, 0.29) is 17.0 Å². The molecule has 0 atom stereocenters. The first-order valence-corrected chi connectivity index (χ1v) is 5.60. The zero-order chi connectivity index (χ0) is 14.3. The average Bonchev–Trinajstić information content (AvgIpc) is 2.81. The molecule has 3 aromatic rings. The van der Waals surface area contributed by atoms with Crippen LogP contribution >= 0.6 is 0 Å². The van der Waals surface area contributed by atoms with Crippen LogP contribution in [0, 0.1) is 11.6 Å². The Kier molecular flexibility index (Phi) is 2.67. The normalized spacial score (nSPS) is 10.9. The maximum Gasteiger partial charge on any atom is 0.337 e. The third-order valence-electron chi connectivity index (χ3n) is 2.82. The minimum absolute atomic E-state index is 0.0149. The Morgan fingerprint density at radius 3 is 2.65 bits per heavy atom. The number of carboxylic acids is 1. The van der Waals surface area contributed by atoms with Gasteiger partial charge in [0.05, 0.1) is 11.1 Å². The van der Waals surface area contributed by atoms with E-state index in [0.717, 1.165) is 12.1 Å². The Morgan fingerprint density at radius 1 is 1.15 bits per heavy atom. The van der Waals surface area contributed by atoms with Gasteiger partial charge in [-0.05, 0) is 24.3 Å². The second-order valence-corrected chi connectivity index (χ2v) is 4.10. The summed E-state index contributed by atoms with van der Waals surface area (Å²) in [5, 5.41) is 16.6. The van der Waals surface area contributed by atoms with Gasteiger partial charge in [-0.15, -0.1) is 10.2 Å². The topological polar surface area (TPSA) is 67.5 Å². The molecule has 0 aliphatic heterocycles. The summed E-state index contributed by atoms with van der Waals surface area (Å²) in [4.78, 5) is 10.9. The summed E-state index contributed by atoms with van der Waals surface area (Å²) in [6.45, 7) is 0. The van der Waals surface area contributed by atoms with Crippen LogP contribution in [0.25, 0.3) is 17.0 Å². The number of hydrogen-bond acceptors (Lipinski definition) is 3. The van der Waals surface area contributed by atoms with Gasteiger partial charge in [-0.25, -0.2) is 13.6 Å². The molecule has 0 bridgehead atoms. The molecule has 0 amide bonds. The van der Waals surface area contributed by atoms with Crippen LogP contribution in [0.4, 0.5) is 8.78 Å². The van der Waals surface area contributed by atoms with Gasteiger partial charge in [-0.1, -0.05) is 0 Å². The molecule has 2 aromatic heterocycles. The van der Waals surface area contributed by atoms with Gasteiger partial charge < -0.3 is 5.11 Å². The first-order valence-electron chi connectivity index (χ1n) is 5.60. The summed E-state index contributed by atoms with van der Waals surface area (Å²) < 4.78 is 28.0. The predicted octanol–water partition coefficient (Wildman–Crippen LogP) is 2.37. The van der Waals surface area contributed by atoms with E-state index in [1.165, 1.54) is 28.8 Å². The molecule has 0 unspecified atom stereocenters. The van der Waals surface area contributed by atoms with Gasteiger partial charge in [0.2, 0.25) is 0 Å². The fourth-order valence-corrected chi connectivity index (χ4v) is 1.87. The average molecular weight is 275 g/mol. The Labute approximate surface area is 111 Å². The van der Waals surface area contributed by atoms with E-state index in [1.54, 1.807) is 0 Å². The molecule has 1 aromatic carbocycles. The maximum absolute atomic E-state index is 13.8. The highest BCUT2D eigenvalue weighted by molar-refractivity contribution is 5.87. The quantitative estimate of drug-likeness (QED) is 0.779. The highest BCUT2D eigenvalue weighted by Crippen LogP contribution is 2.22. The third kappa shape index (κ3) is 1.89. The maximum atomic E-state index is 13.8. The molecule has 1 N–H and O–H groups in total. The van der Waals surface area contributed by atoms with E-state index in [4.69, 9.17) is 5.11 Å². The number of carboxylic acid groups (broad SMARTS) is 1. The van der Waals surface area contributed by atoms with Crippen LogP contribution in [0.2, 0.25) is 0 Å². The minimum atomic E-state index is -1.12. The van der Waals surface area contributed by atoms with Gasteiger partial charge in [0.15, 0.2) is 11.5 Å². The zero-order valence-corrected chi connectivity index (χ0v) is 9.92. The summed E-state index contributed by atoms with van der Waals surface area (Å²) in [6.07, 6.45) is 1.29. The van der Waals surface area contributed by atoms with Gasteiger partial charge in [0, 0.05) is 12.3 Å². The second-order valence-electron chi connectivity index (χ2n) is 4.10. The molecule has 3 rings (SSSR count).